The number of morpholine rings is 1. The minimum Gasteiger partial charge on any atom is -0.379 e. The van der Waals surface area contributed by atoms with E-state index in [9.17, 15) is 27.6 Å². The van der Waals surface area contributed by atoms with Gasteiger partial charge in [0.2, 0.25) is 17.7 Å². The van der Waals surface area contributed by atoms with Gasteiger partial charge in [0.05, 0.1) is 24.0 Å². The topological polar surface area (TPSA) is 91.0 Å². The Kier molecular flexibility index (Phi) is 10.4. The molecule has 3 aromatic carbocycles. The Balaban J connectivity index is 1.23. The molecule has 2 saturated heterocycles. The number of alkyl halides is 3. The minimum atomic E-state index is -4.56. The number of nitrogens with zero attached hydrogens (tertiary/aromatic N) is 2. The molecule has 0 aliphatic carbocycles. The van der Waals surface area contributed by atoms with Crippen LogP contribution in [0.25, 0.3) is 10.8 Å². The Morgan fingerprint density at radius 3 is 2.50 bits per heavy atom. The van der Waals surface area contributed by atoms with Gasteiger partial charge in [-0.1, -0.05) is 54.6 Å². The van der Waals surface area contributed by atoms with Crippen molar-refractivity contribution < 1.29 is 32.3 Å². The van der Waals surface area contributed by atoms with Crippen LogP contribution >= 0.6 is 11.8 Å². The Morgan fingerprint density at radius 2 is 1.70 bits per heavy atom. The minimum absolute atomic E-state index is 0.165. The fourth-order valence-corrected chi connectivity index (χ4v) is 6.90. The van der Waals surface area contributed by atoms with E-state index in [-0.39, 0.29) is 31.0 Å². The molecule has 5 rings (SSSR count). The van der Waals surface area contributed by atoms with Crippen LogP contribution in [-0.4, -0.2) is 78.7 Å². The smallest absolute Gasteiger partial charge is 0.379 e. The lowest BCUT2D eigenvalue weighted by molar-refractivity contribution is -0.138. The van der Waals surface area contributed by atoms with Crippen LogP contribution in [0.15, 0.2) is 66.7 Å². The number of carbonyl (C=O) groups is 3. The zero-order valence-electron chi connectivity index (χ0n) is 24.1. The number of ether oxygens (including phenoxy) is 1. The number of fused-ring (bicyclic) bond motifs is 1. The summed E-state index contributed by atoms with van der Waals surface area (Å²) >= 11 is 1.09. The van der Waals surface area contributed by atoms with Crippen molar-refractivity contribution in [1.82, 2.24) is 20.4 Å². The van der Waals surface area contributed by atoms with Crippen molar-refractivity contribution in [2.75, 3.05) is 45.9 Å². The van der Waals surface area contributed by atoms with Crippen LogP contribution in [0.3, 0.4) is 0 Å². The van der Waals surface area contributed by atoms with E-state index in [1.165, 1.54) is 17.0 Å². The first-order valence-corrected chi connectivity index (χ1v) is 15.6. The lowest BCUT2D eigenvalue weighted by atomic mass is 10.0. The molecule has 44 heavy (non-hydrogen) atoms. The van der Waals surface area contributed by atoms with Crippen LogP contribution in [0, 0.1) is 0 Å². The summed E-state index contributed by atoms with van der Waals surface area (Å²) in [6, 6.07) is 18.4. The fourth-order valence-electron chi connectivity index (χ4n) is 5.46. The third kappa shape index (κ3) is 8.10. The maximum atomic E-state index is 13.5. The Bertz CT molecular complexity index is 1480. The van der Waals surface area contributed by atoms with Crippen LogP contribution < -0.4 is 10.6 Å². The zero-order chi connectivity index (χ0) is 31.1. The van der Waals surface area contributed by atoms with Gasteiger partial charge in [0.1, 0.15) is 11.9 Å². The molecule has 3 amide bonds. The van der Waals surface area contributed by atoms with Crippen molar-refractivity contribution in [3.8, 4) is 0 Å². The molecule has 2 fully saturated rings. The van der Waals surface area contributed by atoms with Crippen molar-refractivity contribution in [3.63, 3.8) is 0 Å². The first-order valence-electron chi connectivity index (χ1n) is 14.6. The van der Waals surface area contributed by atoms with E-state index in [1.54, 1.807) is 0 Å². The van der Waals surface area contributed by atoms with E-state index < -0.39 is 34.2 Å². The maximum Gasteiger partial charge on any atom is 0.416 e. The lowest BCUT2D eigenvalue weighted by Crippen LogP contribution is -2.42. The normalized spacial score (nSPS) is 19.3. The van der Waals surface area contributed by atoms with Gasteiger partial charge in [-0.15, -0.1) is 11.8 Å². The predicted octanol–water partition coefficient (Wildman–Crippen LogP) is 4.35. The summed E-state index contributed by atoms with van der Waals surface area (Å²) < 4.78 is 45.9. The third-order valence-electron chi connectivity index (χ3n) is 7.75. The van der Waals surface area contributed by atoms with E-state index in [4.69, 9.17) is 4.74 Å². The number of rotatable bonds is 11. The first kappa shape index (κ1) is 31.8. The second kappa shape index (κ2) is 14.4. The molecule has 0 spiro atoms. The summed E-state index contributed by atoms with van der Waals surface area (Å²) in [5.41, 5.74) is 0.333. The standard InChI is InChI=1S/C32H35F3N4O4S/c33-32(34,35)25-10-4-8-23(18-25)31-39(21-29(41)36-12-5-13-38-14-16-43-17-15-38)30(42)27(44-31)19-28(40)37-20-24-9-3-7-22-6-1-2-11-26(22)24/h1-4,6-11,18,27,31H,5,12-17,19-21H2,(H,36,41)(H,37,40)/t27-,31-/m1/s1. The second-order valence-corrected chi connectivity index (χ2v) is 12.1. The van der Waals surface area contributed by atoms with Crippen molar-refractivity contribution in [2.24, 2.45) is 0 Å². The molecule has 0 aromatic heterocycles. The van der Waals surface area contributed by atoms with Gasteiger partial charge in [-0.3, -0.25) is 19.3 Å². The monoisotopic (exact) mass is 628 g/mol. The number of thioether (sulfide) groups is 1. The molecule has 0 bridgehead atoms. The first-order chi connectivity index (χ1) is 21.2. The van der Waals surface area contributed by atoms with E-state index >= 15 is 0 Å². The highest BCUT2D eigenvalue weighted by atomic mass is 32.2. The van der Waals surface area contributed by atoms with Gasteiger partial charge in [0.15, 0.2) is 0 Å². The van der Waals surface area contributed by atoms with Gasteiger partial charge in [0, 0.05) is 32.6 Å². The number of halogens is 3. The lowest BCUT2D eigenvalue weighted by Gasteiger charge is -2.26. The average molecular weight is 629 g/mol. The van der Waals surface area contributed by atoms with Crippen molar-refractivity contribution in [1.29, 1.82) is 0 Å². The summed E-state index contributed by atoms with van der Waals surface area (Å²) in [6.07, 6.45) is -4.01. The molecule has 0 unspecified atom stereocenters. The van der Waals surface area contributed by atoms with Gasteiger partial charge in [-0.05, 0) is 47.0 Å². The number of hydrogen-bond acceptors (Lipinski definition) is 6. The van der Waals surface area contributed by atoms with Crippen LogP contribution in [0.4, 0.5) is 13.2 Å². The van der Waals surface area contributed by atoms with Crippen molar-refractivity contribution in [2.45, 2.75) is 36.2 Å². The van der Waals surface area contributed by atoms with Crippen LogP contribution in [-0.2, 0) is 31.8 Å². The van der Waals surface area contributed by atoms with Gasteiger partial charge in [-0.2, -0.15) is 13.2 Å². The molecular weight excluding hydrogens is 593 g/mol. The molecule has 2 atom stereocenters. The molecule has 2 N–H and O–H groups in total. The highest BCUT2D eigenvalue weighted by molar-refractivity contribution is 8.01. The summed E-state index contributed by atoms with van der Waals surface area (Å²) in [4.78, 5) is 42.9. The summed E-state index contributed by atoms with van der Waals surface area (Å²) in [6.45, 7) is 4.18. The quantitative estimate of drug-likeness (QED) is 0.307. The molecule has 234 valence electrons. The molecule has 0 radical (unpaired) electrons. The number of nitrogens with one attached hydrogen (secondary N) is 2. The van der Waals surface area contributed by atoms with E-state index in [0.717, 1.165) is 59.9 Å². The SMILES string of the molecule is O=C(C[C@H]1S[C@H](c2cccc(C(F)(F)F)c2)N(CC(=O)NCCCN2CCOCC2)C1=O)NCc1cccc2ccccc12. The summed E-state index contributed by atoms with van der Waals surface area (Å²) in [7, 11) is 0. The molecule has 12 heteroatoms. The predicted molar refractivity (Wildman–Crippen MR) is 163 cm³/mol. The van der Waals surface area contributed by atoms with E-state index in [1.807, 2.05) is 42.5 Å². The Labute approximate surface area is 258 Å². The average Bonchev–Trinajstić information content (AvgIpc) is 3.32. The molecular formula is C32H35F3N4O4S. The van der Waals surface area contributed by atoms with Crippen LogP contribution in [0.5, 0.6) is 0 Å². The Hall–Kier alpha value is -3.61. The largest absolute Gasteiger partial charge is 0.416 e. The number of carbonyl (C=O) groups excluding carboxylic acids is 3. The van der Waals surface area contributed by atoms with Crippen molar-refractivity contribution >= 4 is 40.3 Å². The van der Waals surface area contributed by atoms with Gasteiger partial charge in [0.25, 0.3) is 0 Å². The number of benzene rings is 3. The highest BCUT2D eigenvalue weighted by Crippen LogP contribution is 2.45. The van der Waals surface area contributed by atoms with Gasteiger partial charge in [-0.25, -0.2) is 0 Å². The van der Waals surface area contributed by atoms with Crippen molar-refractivity contribution in [3.05, 3.63) is 83.4 Å². The number of amides is 3. The summed E-state index contributed by atoms with van der Waals surface area (Å²) in [5, 5.41) is 6.05. The second-order valence-electron chi connectivity index (χ2n) is 10.8. The maximum absolute atomic E-state index is 13.5. The molecule has 2 aliphatic rings. The molecule has 3 aromatic rings. The van der Waals surface area contributed by atoms with Gasteiger partial charge >= 0.3 is 6.18 Å². The highest BCUT2D eigenvalue weighted by Gasteiger charge is 2.43. The molecule has 2 heterocycles. The fraction of sp³-hybridized carbons (Fsp3) is 0.406. The van der Waals surface area contributed by atoms with E-state index in [2.05, 4.69) is 15.5 Å². The molecule has 2 aliphatic heterocycles. The van der Waals surface area contributed by atoms with Gasteiger partial charge < -0.3 is 20.3 Å². The molecule has 8 nitrogen and oxygen atoms in total. The summed E-state index contributed by atoms with van der Waals surface area (Å²) in [5.74, 6) is -1.22. The third-order valence-corrected chi connectivity index (χ3v) is 9.23. The molecule has 0 saturated carbocycles. The van der Waals surface area contributed by atoms with E-state index in [0.29, 0.717) is 26.2 Å². The van der Waals surface area contributed by atoms with Crippen LogP contribution in [0.2, 0.25) is 0 Å². The number of hydrogen-bond donors (Lipinski definition) is 2. The van der Waals surface area contributed by atoms with Crippen LogP contribution in [0.1, 0.15) is 34.9 Å². The zero-order valence-corrected chi connectivity index (χ0v) is 25.0. The Morgan fingerprint density at radius 1 is 0.955 bits per heavy atom.